The predicted octanol–water partition coefficient (Wildman–Crippen LogP) is 3.10. The number of ether oxygens (including phenoxy) is 2. The van der Waals surface area contributed by atoms with Crippen LogP contribution in [0.2, 0.25) is 0 Å². The van der Waals surface area contributed by atoms with Crippen molar-refractivity contribution in [1.82, 2.24) is 0 Å². The number of carbonyl (C=O) groups excluding carboxylic acids is 1. The Kier molecular flexibility index (Phi) is 5.74. The summed E-state index contributed by atoms with van der Waals surface area (Å²) >= 11 is 0. The Bertz CT molecular complexity index is 543. The number of nitriles is 1. The van der Waals surface area contributed by atoms with E-state index in [1.165, 1.54) is 7.11 Å². The van der Waals surface area contributed by atoms with Crippen molar-refractivity contribution < 1.29 is 14.3 Å². The highest BCUT2D eigenvalue weighted by atomic mass is 16.5. The van der Waals surface area contributed by atoms with Crippen molar-refractivity contribution in [2.45, 2.75) is 45.8 Å². The number of anilines is 1. The van der Waals surface area contributed by atoms with E-state index in [1.54, 1.807) is 25.1 Å². The minimum Gasteiger partial charge on any atom is -0.491 e. The summed E-state index contributed by atoms with van der Waals surface area (Å²) in [5.41, 5.74) is -0.105. The minimum absolute atomic E-state index is 0.0221. The molecule has 1 rings (SSSR count). The Morgan fingerprint density at radius 3 is 2.62 bits per heavy atom. The molecular weight excluding hydrogens is 268 g/mol. The highest BCUT2D eigenvalue weighted by Gasteiger charge is 2.31. The first-order chi connectivity index (χ1) is 9.86. The number of nitrogens with one attached hydrogen (secondary N) is 1. The zero-order chi connectivity index (χ0) is 16.0. The van der Waals surface area contributed by atoms with Crippen LogP contribution in [-0.4, -0.2) is 24.7 Å². The number of carbonyl (C=O) groups is 1. The second-order valence-corrected chi connectivity index (χ2v) is 5.23. The highest BCUT2D eigenvalue weighted by molar-refractivity contribution is 5.98. The van der Waals surface area contributed by atoms with Gasteiger partial charge in [0, 0.05) is 13.2 Å². The molecule has 1 amide bonds. The van der Waals surface area contributed by atoms with E-state index in [0.717, 1.165) is 0 Å². The molecule has 0 radical (unpaired) electrons. The van der Waals surface area contributed by atoms with Crippen LogP contribution in [0.1, 0.15) is 39.7 Å². The number of amides is 1. The Labute approximate surface area is 125 Å². The zero-order valence-corrected chi connectivity index (χ0v) is 13.2. The molecule has 0 saturated heterocycles. The molecule has 0 aliphatic rings. The molecule has 0 fully saturated rings. The van der Waals surface area contributed by atoms with E-state index in [1.807, 2.05) is 20.8 Å². The summed E-state index contributed by atoms with van der Waals surface area (Å²) in [6.45, 7) is 7.40. The zero-order valence-electron chi connectivity index (χ0n) is 13.2. The molecule has 0 saturated carbocycles. The lowest BCUT2D eigenvalue weighted by Gasteiger charge is -2.25. The Balaban J connectivity index is 2.99. The molecule has 0 aliphatic carbocycles. The summed E-state index contributed by atoms with van der Waals surface area (Å²) < 4.78 is 10.8. The minimum atomic E-state index is -0.917. The summed E-state index contributed by atoms with van der Waals surface area (Å²) in [5, 5.41) is 12.0. The van der Waals surface area contributed by atoms with E-state index in [-0.39, 0.29) is 12.0 Å². The van der Waals surface area contributed by atoms with E-state index in [9.17, 15) is 10.1 Å². The lowest BCUT2D eigenvalue weighted by molar-refractivity contribution is -0.136. The van der Waals surface area contributed by atoms with Crippen LogP contribution >= 0.6 is 0 Å². The van der Waals surface area contributed by atoms with Crippen LogP contribution in [0.3, 0.4) is 0 Å². The van der Waals surface area contributed by atoms with Crippen LogP contribution in [0.15, 0.2) is 18.2 Å². The first-order valence-electron chi connectivity index (χ1n) is 6.93. The van der Waals surface area contributed by atoms with Gasteiger partial charge in [0.05, 0.1) is 17.4 Å². The molecule has 114 valence electrons. The SMILES string of the molecule is CCC(C)(OC)C(=O)Nc1ccc(OC(C)C)cc1C#N. The number of methoxy groups -OCH3 is 1. The predicted molar refractivity (Wildman–Crippen MR) is 81.3 cm³/mol. The molecule has 1 unspecified atom stereocenters. The van der Waals surface area contributed by atoms with Crippen molar-refractivity contribution in [3.8, 4) is 11.8 Å². The van der Waals surface area contributed by atoms with Crippen LogP contribution in [-0.2, 0) is 9.53 Å². The highest BCUT2D eigenvalue weighted by Crippen LogP contribution is 2.24. The standard InChI is InChI=1S/C16H22N2O3/c1-6-16(4,20-5)15(19)18-14-8-7-13(21-11(2)3)9-12(14)10-17/h7-9,11H,6H2,1-5H3,(H,18,19). The van der Waals surface area contributed by atoms with Gasteiger partial charge in [-0.15, -0.1) is 0 Å². The molecule has 0 bridgehead atoms. The van der Waals surface area contributed by atoms with Crippen molar-refractivity contribution in [3.63, 3.8) is 0 Å². The van der Waals surface area contributed by atoms with Crippen molar-refractivity contribution in [2.75, 3.05) is 12.4 Å². The van der Waals surface area contributed by atoms with Gasteiger partial charge >= 0.3 is 0 Å². The third-order valence-corrected chi connectivity index (χ3v) is 3.34. The van der Waals surface area contributed by atoms with Crippen LogP contribution < -0.4 is 10.1 Å². The lowest BCUT2D eigenvalue weighted by Crippen LogP contribution is -2.41. The fourth-order valence-electron chi connectivity index (χ4n) is 1.72. The van der Waals surface area contributed by atoms with E-state index >= 15 is 0 Å². The molecule has 0 aromatic heterocycles. The van der Waals surface area contributed by atoms with E-state index in [0.29, 0.717) is 23.4 Å². The maximum absolute atomic E-state index is 12.3. The van der Waals surface area contributed by atoms with Gasteiger partial charge in [-0.25, -0.2) is 0 Å². The molecule has 1 N–H and O–H groups in total. The van der Waals surface area contributed by atoms with Gasteiger partial charge in [-0.3, -0.25) is 4.79 Å². The van der Waals surface area contributed by atoms with Gasteiger partial charge in [0.1, 0.15) is 17.4 Å². The van der Waals surface area contributed by atoms with Gasteiger partial charge in [0.25, 0.3) is 5.91 Å². The fourth-order valence-corrected chi connectivity index (χ4v) is 1.72. The van der Waals surface area contributed by atoms with E-state index < -0.39 is 5.60 Å². The topological polar surface area (TPSA) is 71.3 Å². The summed E-state index contributed by atoms with van der Waals surface area (Å²) in [6, 6.07) is 7.08. The van der Waals surface area contributed by atoms with Crippen molar-refractivity contribution >= 4 is 11.6 Å². The second-order valence-electron chi connectivity index (χ2n) is 5.23. The lowest BCUT2D eigenvalue weighted by atomic mass is 10.0. The van der Waals surface area contributed by atoms with Gasteiger partial charge in [-0.2, -0.15) is 5.26 Å². The maximum atomic E-state index is 12.3. The number of rotatable bonds is 6. The van der Waals surface area contributed by atoms with Gasteiger partial charge in [-0.1, -0.05) is 6.92 Å². The van der Waals surface area contributed by atoms with Crippen molar-refractivity contribution in [3.05, 3.63) is 23.8 Å². The quantitative estimate of drug-likeness (QED) is 0.874. The maximum Gasteiger partial charge on any atom is 0.256 e. The molecule has 5 nitrogen and oxygen atoms in total. The average molecular weight is 290 g/mol. The Morgan fingerprint density at radius 1 is 1.48 bits per heavy atom. The van der Waals surface area contributed by atoms with Crippen LogP contribution in [0, 0.1) is 11.3 Å². The summed E-state index contributed by atoms with van der Waals surface area (Å²) in [6.07, 6.45) is 0.556. The average Bonchev–Trinajstić information content (AvgIpc) is 2.47. The van der Waals surface area contributed by atoms with E-state index in [2.05, 4.69) is 11.4 Å². The second kappa shape index (κ2) is 7.09. The van der Waals surface area contributed by atoms with Crippen molar-refractivity contribution in [2.24, 2.45) is 0 Å². The molecule has 0 aliphatic heterocycles. The van der Waals surface area contributed by atoms with E-state index in [4.69, 9.17) is 9.47 Å². The Morgan fingerprint density at radius 2 is 2.14 bits per heavy atom. The van der Waals surface area contributed by atoms with Crippen LogP contribution in [0.4, 0.5) is 5.69 Å². The van der Waals surface area contributed by atoms with Gasteiger partial charge in [-0.05, 0) is 39.3 Å². The smallest absolute Gasteiger partial charge is 0.256 e. The van der Waals surface area contributed by atoms with Gasteiger partial charge in [0.15, 0.2) is 0 Å². The summed E-state index contributed by atoms with van der Waals surface area (Å²) in [4.78, 5) is 12.3. The molecule has 1 aromatic rings. The first-order valence-corrected chi connectivity index (χ1v) is 6.93. The van der Waals surface area contributed by atoms with Gasteiger partial charge in [0.2, 0.25) is 0 Å². The number of nitrogens with zero attached hydrogens (tertiary/aromatic N) is 1. The fraction of sp³-hybridized carbons (Fsp3) is 0.500. The number of hydrogen-bond donors (Lipinski definition) is 1. The summed E-state index contributed by atoms with van der Waals surface area (Å²) in [7, 11) is 1.49. The summed E-state index contributed by atoms with van der Waals surface area (Å²) in [5.74, 6) is 0.325. The van der Waals surface area contributed by atoms with Crippen molar-refractivity contribution in [1.29, 1.82) is 5.26 Å². The first kappa shape index (κ1) is 17.0. The molecule has 5 heteroatoms. The molecular formula is C16H22N2O3. The van der Waals surface area contributed by atoms with Crippen LogP contribution in [0.25, 0.3) is 0 Å². The molecule has 21 heavy (non-hydrogen) atoms. The molecule has 0 spiro atoms. The van der Waals surface area contributed by atoms with Gasteiger partial charge < -0.3 is 14.8 Å². The molecule has 1 aromatic carbocycles. The molecule has 0 heterocycles. The molecule has 1 atom stereocenters. The largest absolute Gasteiger partial charge is 0.491 e. The number of hydrogen-bond acceptors (Lipinski definition) is 4. The normalized spacial score (nSPS) is 13.4. The number of benzene rings is 1. The third-order valence-electron chi connectivity index (χ3n) is 3.34. The Hall–Kier alpha value is -2.06. The third kappa shape index (κ3) is 4.20. The monoisotopic (exact) mass is 290 g/mol. The van der Waals surface area contributed by atoms with Crippen LogP contribution in [0.5, 0.6) is 5.75 Å².